The molecule has 2 heterocycles. The molecule has 0 saturated carbocycles. The number of hydrogen-bond acceptors (Lipinski definition) is 6. The number of carbonyl (C=O) groups excluding carboxylic acids is 1. The summed E-state index contributed by atoms with van der Waals surface area (Å²) in [6, 6.07) is 24.3. The molecular formula is C27H20IN3O4S. The van der Waals surface area contributed by atoms with E-state index in [2.05, 4.69) is 27.9 Å². The summed E-state index contributed by atoms with van der Waals surface area (Å²) in [5, 5.41) is 4.26. The number of methoxy groups -OCH3 is 1. The number of hydrogen-bond donors (Lipinski definition) is 1. The van der Waals surface area contributed by atoms with E-state index in [0.29, 0.717) is 33.4 Å². The Hall–Kier alpha value is -3.57. The van der Waals surface area contributed by atoms with Gasteiger partial charge < -0.3 is 14.5 Å². The Labute approximate surface area is 224 Å². The Morgan fingerprint density at radius 1 is 1.08 bits per heavy atom. The van der Waals surface area contributed by atoms with Crippen molar-refractivity contribution in [2.24, 2.45) is 0 Å². The SMILES string of the molecule is COc1ccccc1NC(=O)CSc1nc(-c2cc3ccccc3oc2=O)cn1-c1ccc(I)cc1. The minimum Gasteiger partial charge on any atom is -0.495 e. The fraction of sp³-hybridized carbons (Fsp3) is 0.0741. The van der Waals surface area contributed by atoms with Crippen LogP contribution in [0.5, 0.6) is 5.75 Å². The average molecular weight is 609 g/mol. The van der Waals surface area contributed by atoms with E-state index in [1.807, 2.05) is 59.2 Å². The predicted octanol–water partition coefficient (Wildman–Crippen LogP) is 5.99. The van der Waals surface area contributed by atoms with Gasteiger partial charge in [-0.2, -0.15) is 0 Å². The molecular weight excluding hydrogens is 589 g/mol. The van der Waals surface area contributed by atoms with Gasteiger partial charge in [0.2, 0.25) is 5.91 Å². The summed E-state index contributed by atoms with van der Waals surface area (Å²) < 4.78 is 13.8. The highest BCUT2D eigenvalue weighted by Crippen LogP contribution is 2.29. The van der Waals surface area contributed by atoms with Gasteiger partial charge in [-0.05, 0) is 71.1 Å². The molecule has 2 aromatic heterocycles. The summed E-state index contributed by atoms with van der Waals surface area (Å²) in [4.78, 5) is 30.2. The fourth-order valence-corrected chi connectivity index (χ4v) is 4.84. The highest BCUT2D eigenvalue weighted by molar-refractivity contribution is 14.1. The van der Waals surface area contributed by atoms with Crippen LogP contribution in [-0.2, 0) is 4.79 Å². The number of nitrogens with one attached hydrogen (secondary N) is 1. The molecule has 1 amide bonds. The first-order chi connectivity index (χ1) is 17.5. The number of rotatable bonds is 7. The van der Waals surface area contributed by atoms with Crippen molar-refractivity contribution in [3.05, 3.63) is 99.0 Å². The predicted molar refractivity (Wildman–Crippen MR) is 150 cm³/mol. The second-order valence-corrected chi connectivity index (χ2v) is 9.97. The Bertz CT molecular complexity index is 1610. The van der Waals surface area contributed by atoms with Crippen molar-refractivity contribution in [3.63, 3.8) is 0 Å². The van der Waals surface area contributed by atoms with E-state index in [0.717, 1.165) is 14.6 Å². The molecule has 0 unspecified atom stereocenters. The molecule has 9 heteroatoms. The van der Waals surface area contributed by atoms with Crippen LogP contribution in [0.1, 0.15) is 0 Å². The molecule has 1 N–H and O–H groups in total. The second-order valence-electron chi connectivity index (χ2n) is 7.78. The molecule has 0 fully saturated rings. The number of imidazole rings is 1. The van der Waals surface area contributed by atoms with Gasteiger partial charge in [-0.25, -0.2) is 9.78 Å². The van der Waals surface area contributed by atoms with Crippen molar-refractivity contribution in [3.8, 4) is 22.7 Å². The lowest BCUT2D eigenvalue weighted by molar-refractivity contribution is -0.113. The first-order valence-corrected chi connectivity index (χ1v) is 13.0. The highest BCUT2D eigenvalue weighted by Gasteiger charge is 2.17. The zero-order valence-corrected chi connectivity index (χ0v) is 22.1. The molecule has 180 valence electrons. The van der Waals surface area contributed by atoms with Gasteiger partial charge in [0.25, 0.3) is 0 Å². The third kappa shape index (κ3) is 5.17. The largest absolute Gasteiger partial charge is 0.495 e. The van der Waals surface area contributed by atoms with Gasteiger partial charge in [0, 0.05) is 20.8 Å². The molecule has 0 aliphatic carbocycles. The van der Waals surface area contributed by atoms with E-state index in [1.165, 1.54) is 11.8 Å². The Morgan fingerprint density at radius 3 is 2.64 bits per heavy atom. The number of halogens is 1. The van der Waals surface area contributed by atoms with E-state index in [9.17, 15) is 9.59 Å². The standard InChI is InChI=1S/C27H20IN3O4S/c1-34-24-9-5-3-7-21(24)29-25(32)16-36-27-30-22(15-31(27)19-12-10-18(28)11-13-19)20-14-17-6-2-4-8-23(17)35-26(20)33/h2-15H,16H2,1H3,(H,29,32). The zero-order valence-electron chi connectivity index (χ0n) is 19.1. The minimum absolute atomic E-state index is 0.116. The van der Waals surface area contributed by atoms with Crippen LogP contribution < -0.4 is 15.7 Å². The van der Waals surface area contributed by atoms with Crippen LogP contribution >= 0.6 is 34.4 Å². The van der Waals surface area contributed by atoms with E-state index in [1.54, 1.807) is 37.6 Å². The number of anilines is 1. The van der Waals surface area contributed by atoms with Crippen molar-refractivity contribution >= 4 is 56.9 Å². The summed E-state index contributed by atoms with van der Waals surface area (Å²) in [6.45, 7) is 0. The number of thioether (sulfide) groups is 1. The van der Waals surface area contributed by atoms with Crippen molar-refractivity contribution in [2.45, 2.75) is 5.16 Å². The molecule has 3 aromatic carbocycles. The topological polar surface area (TPSA) is 86.4 Å². The number of ether oxygens (including phenoxy) is 1. The van der Waals surface area contributed by atoms with Crippen LogP contribution in [-0.4, -0.2) is 28.3 Å². The molecule has 36 heavy (non-hydrogen) atoms. The van der Waals surface area contributed by atoms with E-state index >= 15 is 0 Å². The molecule has 0 aliphatic rings. The van der Waals surface area contributed by atoms with Gasteiger partial charge in [0.05, 0.1) is 29.8 Å². The maximum atomic E-state index is 12.8. The number of aromatic nitrogens is 2. The molecule has 5 aromatic rings. The van der Waals surface area contributed by atoms with Gasteiger partial charge in [-0.15, -0.1) is 0 Å². The van der Waals surface area contributed by atoms with Gasteiger partial charge in [-0.3, -0.25) is 9.36 Å². The maximum Gasteiger partial charge on any atom is 0.345 e. The highest BCUT2D eigenvalue weighted by atomic mass is 127. The lowest BCUT2D eigenvalue weighted by atomic mass is 10.1. The van der Waals surface area contributed by atoms with Crippen molar-refractivity contribution in [1.82, 2.24) is 9.55 Å². The number of carbonyl (C=O) groups is 1. The number of amides is 1. The fourth-order valence-electron chi connectivity index (χ4n) is 3.69. The third-order valence-corrected chi connectivity index (χ3v) is 7.08. The van der Waals surface area contributed by atoms with Gasteiger partial charge in [-0.1, -0.05) is 42.1 Å². The summed E-state index contributed by atoms with van der Waals surface area (Å²) in [6.07, 6.45) is 1.80. The zero-order chi connectivity index (χ0) is 25.1. The quantitative estimate of drug-likeness (QED) is 0.139. The molecule has 0 saturated heterocycles. The Kier molecular flexibility index (Phi) is 7.10. The van der Waals surface area contributed by atoms with Crippen molar-refractivity contribution in [2.75, 3.05) is 18.2 Å². The van der Waals surface area contributed by atoms with E-state index < -0.39 is 5.63 Å². The summed E-state index contributed by atoms with van der Waals surface area (Å²) in [5.41, 5.74) is 2.35. The molecule has 7 nitrogen and oxygen atoms in total. The summed E-state index contributed by atoms with van der Waals surface area (Å²) in [7, 11) is 1.56. The summed E-state index contributed by atoms with van der Waals surface area (Å²) >= 11 is 3.52. The van der Waals surface area contributed by atoms with Crippen LogP contribution in [0.3, 0.4) is 0 Å². The average Bonchev–Trinajstić information content (AvgIpc) is 3.32. The van der Waals surface area contributed by atoms with Gasteiger partial charge in [0.1, 0.15) is 11.3 Å². The molecule has 0 atom stereocenters. The normalized spacial score (nSPS) is 10.9. The molecule has 0 spiro atoms. The first kappa shape index (κ1) is 24.1. The lowest BCUT2D eigenvalue weighted by Gasteiger charge is -2.10. The number of nitrogens with zero attached hydrogens (tertiary/aromatic N) is 2. The van der Waals surface area contributed by atoms with Crippen molar-refractivity contribution in [1.29, 1.82) is 0 Å². The first-order valence-electron chi connectivity index (χ1n) is 11.0. The van der Waals surface area contributed by atoms with Crippen LogP contribution in [0, 0.1) is 3.57 Å². The monoisotopic (exact) mass is 609 g/mol. The molecule has 0 radical (unpaired) electrons. The van der Waals surface area contributed by atoms with E-state index in [-0.39, 0.29) is 11.7 Å². The van der Waals surface area contributed by atoms with Crippen LogP contribution in [0.4, 0.5) is 5.69 Å². The smallest absolute Gasteiger partial charge is 0.345 e. The Morgan fingerprint density at radius 2 is 1.83 bits per heavy atom. The second kappa shape index (κ2) is 10.6. The lowest BCUT2D eigenvalue weighted by Crippen LogP contribution is -2.15. The minimum atomic E-state index is -0.466. The maximum absolute atomic E-state index is 12.8. The van der Waals surface area contributed by atoms with Crippen LogP contribution in [0.2, 0.25) is 0 Å². The number of benzene rings is 3. The molecule has 0 aliphatic heterocycles. The molecule has 0 bridgehead atoms. The van der Waals surface area contributed by atoms with E-state index in [4.69, 9.17) is 14.1 Å². The van der Waals surface area contributed by atoms with Gasteiger partial charge >= 0.3 is 5.63 Å². The van der Waals surface area contributed by atoms with Crippen LogP contribution in [0.15, 0.2) is 99.4 Å². The van der Waals surface area contributed by atoms with Gasteiger partial charge in [0.15, 0.2) is 5.16 Å². The van der Waals surface area contributed by atoms with Crippen molar-refractivity contribution < 1.29 is 13.9 Å². The summed E-state index contributed by atoms with van der Waals surface area (Å²) in [5.74, 6) is 0.501. The third-order valence-electron chi connectivity index (χ3n) is 5.41. The van der Waals surface area contributed by atoms with Crippen LogP contribution in [0.25, 0.3) is 27.9 Å². The molecule has 5 rings (SSSR count). The Balaban J connectivity index is 1.47. The number of fused-ring (bicyclic) bond motifs is 1. The number of para-hydroxylation sites is 3.